The Kier molecular flexibility index (Phi) is 16.1. The van der Waals surface area contributed by atoms with E-state index in [2.05, 4.69) is 49.0 Å². The normalized spacial score (nSPS) is 16.9. The van der Waals surface area contributed by atoms with Gasteiger partial charge in [-0.05, 0) is 122 Å². The first kappa shape index (κ1) is 49.1. The van der Waals surface area contributed by atoms with Gasteiger partial charge in [-0.2, -0.15) is 13.2 Å². The van der Waals surface area contributed by atoms with E-state index in [0.29, 0.717) is 42.9 Å². The Balaban J connectivity index is 0.923. The van der Waals surface area contributed by atoms with Gasteiger partial charge in [-0.15, -0.1) is 11.8 Å². The predicted molar refractivity (Wildman–Crippen MR) is 265 cm³/mol. The molecule has 0 bridgehead atoms. The molecule has 0 unspecified atom stereocenters. The number of sulfonamides is 1. The lowest BCUT2D eigenvalue weighted by atomic mass is 9.87. The maximum Gasteiger partial charge on any atom is 0.501 e. The van der Waals surface area contributed by atoms with Gasteiger partial charge in [-0.25, -0.2) is 21.6 Å². The third kappa shape index (κ3) is 13.0. The fourth-order valence-electron chi connectivity index (χ4n) is 8.90. The Morgan fingerprint density at radius 2 is 1.45 bits per heavy atom. The molecule has 0 spiro atoms. The van der Waals surface area contributed by atoms with Crippen LogP contribution < -0.4 is 14.9 Å². The van der Waals surface area contributed by atoms with Gasteiger partial charge in [0, 0.05) is 85.8 Å². The van der Waals surface area contributed by atoms with Crippen LogP contribution in [0.25, 0.3) is 5.57 Å². The van der Waals surface area contributed by atoms with Gasteiger partial charge in [0.05, 0.1) is 10.6 Å². The summed E-state index contributed by atoms with van der Waals surface area (Å²) in [6.07, 6.45) is 7.18. The number of thioether (sulfide) groups is 1. The lowest BCUT2D eigenvalue weighted by Crippen LogP contribution is -2.47. The molecule has 1 atom stereocenters. The number of alkyl halides is 3. The summed E-state index contributed by atoms with van der Waals surface area (Å²) in [4.78, 5) is 6.40. The quantitative estimate of drug-likeness (QED) is 0.0738. The van der Waals surface area contributed by atoms with E-state index in [1.807, 2.05) is 84.9 Å². The molecule has 2 N–H and O–H groups in total. The average Bonchev–Trinajstić information content (AvgIpc) is 4.19. The molecule has 3 aliphatic rings. The Hall–Kier alpha value is -4.35. The minimum absolute atomic E-state index is 0.151. The summed E-state index contributed by atoms with van der Waals surface area (Å²) in [5.41, 5.74) is 1.01. The summed E-state index contributed by atoms with van der Waals surface area (Å²) in [5.74, 6) is 0.418. The van der Waals surface area contributed by atoms with Crippen LogP contribution in [0.3, 0.4) is 0 Å². The zero-order valence-corrected chi connectivity index (χ0v) is 40.5. The molecule has 9 nitrogen and oxygen atoms in total. The Bertz CT molecular complexity index is 2680. The largest absolute Gasteiger partial charge is 0.501 e. The van der Waals surface area contributed by atoms with Crippen LogP contribution in [-0.4, -0.2) is 89.2 Å². The van der Waals surface area contributed by atoms with Crippen molar-refractivity contribution in [3.05, 3.63) is 155 Å². The highest BCUT2D eigenvalue weighted by Gasteiger charge is 2.48. The molecular weight excluding hydrogens is 935 g/mol. The molecule has 1 saturated carbocycles. The molecule has 2 aliphatic carbocycles. The van der Waals surface area contributed by atoms with Crippen molar-refractivity contribution in [1.82, 2.24) is 14.5 Å². The first-order chi connectivity index (χ1) is 32.2. The van der Waals surface area contributed by atoms with Crippen molar-refractivity contribution >= 4 is 60.2 Å². The Morgan fingerprint density at radius 3 is 2.12 bits per heavy atom. The van der Waals surface area contributed by atoms with Gasteiger partial charge in [0.1, 0.15) is 4.90 Å². The number of nitrogens with zero attached hydrogens (tertiary/aromatic N) is 3. The van der Waals surface area contributed by atoms with Crippen LogP contribution in [0.1, 0.15) is 61.6 Å². The number of sulfone groups is 1. The van der Waals surface area contributed by atoms with E-state index in [4.69, 9.17) is 11.6 Å². The lowest BCUT2D eigenvalue weighted by Gasteiger charge is -2.37. The van der Waals surface area contributed by atoms with Crippen molar-refractivity contribution in [2.24, 2.45) is 0 Å². The number of allylic oxidation sites excluding steroid dienone is 1. The summed E-state index contributed by atoms with van der Waals surface area (Å²) in [5, 5.41) is 3.86. The minimum atomic E-state index is -5.97. The second-order valence-electron chi connectivity index (χ2n) is 17.6. The molecule has 1 aliphatic heterocycles. The van der Waals surface area contributed by atoms with Crippen LogP contribution in [0, 0.1) is 0 Å². The molecule has 1 saturated heterocycles. The molecule has 5 aromatic carbocycles. The minimum Gasteiger partial charge on any atom is -0.380 e. The van der Waals surface area contributed by atoms with E-state index >= 15 is 0 Å². The molecule has 2 fully saturated rings. The average molecular weight is 993 g/mol. The molecule has 0 aromatic heterocycles. The molecule has 8 rings (SSSR count). The molecule has 67 heavy (non-hydrogen) atoms. The number of rotatable bonds is 20. The second kappa shape index (κ2) is 21.9. The fourth-order valence-corrected chi connectivity index (χ4v) is 12.1. The summed E-state index contributed by atoms with van der Waals surface area (Å²) >= 11 is 7.67. The zero-order valence-electron chi connectivity index (χ0n) is 37.3. The smallest absolute Gasteiger partial charge is 0.380 e. The van der Waals surface area contributed by atoms with Crippen LogP contribution in [-0.2, 0) is 33.0 Å². The zero-order chi connectivity index (χ0) is 47.0. The van der Waals surface area contributed by atoms with Gasteiger partial charge in [0.25, 0.3) is 9.84 Å². The van der Waals surface area contributed by atoms with E-state index in [1.54, 1.807) is 0 Å². The topological polar surface area (TPSA) is 102 Å². The van der Waals surface area contributed by atoms with Gasteiger partial charge in [0.15, 0.2) is 0 Å². The lowest BCUT2D eigenvalue weighted by molar-refractivity contribution is -0.0435. The van der Waals surface area contributed by atoms with Gasteiger partial charge >= 0.3 is 5.51 Å². The summed E-state index contributed by atoms with van der Waals surface area (Å²) in [7, 11) is -10.4. The molecule has 0 amide bonds. The van der Waals surface area contributed by atoms with Crippen molar-refractivity contribution in [2.75, 3.05) is 55.2 Å². The van der Waals surface area contributed by atoms with Gasteiger partial charge < -0.3 is 10.2 Å². The number of piperazine rings is 1. The van der Waals surface area contributed by atoms with Crippen molar-refractivity contribution in [3.63, 3.8) is 0 Å². The van der Waals surface area contributed by atoms with Crippen LogP contribution in [0.5, 0.6) is 0 Å². The van der Waals surface area contributed by atoms with Crippen molar-refractivity contribution in [1.29, 1.82) is 0 Å². The SMILES string of the molecule is O=S(=O)(NCc1ccc(N2CCN(CC3=C(c4ccc(Cl)cc4)CCCC3)CC2)cc1)c1ccc(N[C@H](CCN(Cc2ccccc2)C2CC2)CSc2ccccc2)c(S(=O)(=O)C(F)(F)F)c1. The van der Waals surface area contributed by atoms with Crippen LogP contribution in [0.15, 0.2) is 148 Å². The van der Waals surface area contributed by atoms with Crippen LogP contribution in [0.4, 0.5) is 24.5 Å². The maximum atomic E-state index is 14.3. The summed E-state index contributed by atoms with van der Waals surface area (Å²) in [6, 6.07) is 38.1. The molecular formula is C51H57ClF3N5O4S3. The standard InChI is InChI=1S/C51H57ClF3N5O4S3/c52-42-19-17-40(18-20-42)48-14-8-7-11-41(48)36-58-29-31-59(32-30-58)44-21-15-38(16-22-44)34-56-67(63,64)47-25-26-49(50(33-47)66(61,62)51(53,54)55)57-43(37-65-46-12-5-2-6-13-46)27-28-60(45-23-24-45)35-39-9-3-1-4-10-39/h1-6,9-10,12-13,15-22,25-26,33,43,45,56-57H,7-8,11,14,23-24,27-32,34-37H2/t43-/m1/s1. The Morgan fingerprint density at radius 1 is 0.776 bits per heavy atom. The second-order valence-corrected chi connectivity index (χ2v) is 22.8. The molecule has 356 valence electrons. The van der Waals surface area contributed by atoms with E-state index in [1.165, 1.54) is 41.3 Å². The van der Waals surface area contributed by atoms with Gasteiger partial charge in [-0.3, -0.25) is 9.80 Å². The number of hydrogen-bond acceptors (Lipinski definition) is 9. The summed E-state index contributed by atoms with van der Waals surface area (Å²) < 4.78 is 99.2. The molecule has 16 heteroatoms. The van der Waals surface area contributed by atoms with E-state index in [9.17, 15) is 30.0 Å². The van der Waals surface area contributed by atoms with Gasteiger partial charge in [0.2, 0.25) is 10.0 Å². The first-order valence-electron chi connectivity index (χ1n) is 22.9. The molecule has 0 radical (unpaired) electrons. The number of halogens is 4. The van der Waals surface area contributed by atoms with Crippen molar-refractivity contribution in [3.8, 4) is 0 Å². The number of anilines is 2. The highest BCUT2D eigenvalue weighted by Crippen LogP contribution is 2.38. The van der Waals surface area contributed by atoms with E-state index in [0.717, 1.165) is 91.7 Å². The van der Waals surface area contributed by atoms with E-state index < -0.39 is 41.2 Å². The molecule has 5 aromatic rings. The fraction of sp³-hybridized carbons (Fsp3) is 0.373. The van der Waals surface area contributed by atoms with Crippen molar-refractivity contribution in [2.45, 2.75) is 90.3 Å². The van der Waals surface area contributed by atoms with Gasteiger partial charge in [-0.1, -0.05) is 90.0 Å². The third-order valence-electron chi connectivity index (χ3n) is 12.8. The monoisotopic (exact) mass is 991 g/mol. The Labute approximate surface area is 402 Å². The first-order valence-corrected chi connectivity index (χ1v) is 27.3. The number of benzene rings is 5. The van der Waals surface area contributed by atoms with Crippen LogP contribution >= 0.6 is 23.4 Å². The number of nitrogens with one attached hydrogen (secondary N) is 2. The van der Waals surface area contributed by atoms with E-state index in [-0.39, 0.29) is 12.2 Å². The summed E-state index contributed by atoms with van der Waals surface area (Å²) in [6.45, 7) is 5.60. The predicted octanol–water partition coefficient (Wildman–Crippen LogP) is 10.9. The highest BCUT2D eigenvalue weighted by molar-refractivity contribution is 7.99. The van der Waals surface area contributed by atoms with Crippen LogP contribution in [0.2, 0.25) is 5.02 Å². The maximum absolute atomic E-state index is 14.3. The van der Waals surface area contributed by atoms with Crippen molar-refractivity contribution < 1.29 is 30.0 Å². The molecule has 1 heterocycles. The number of hydrogen-bond donors (Lipinski definition) is 2. The third-order valence-corrected chi connectivity index (χ3v) is 17.1. The highest BCUT2D eigenvalue weighted by atomic mass is 35.5.